The maximum absolute atomic E-state index is 13.6. The predicted octanol–water partition coefficient (Wildman–Crippen LogP) is 8.50. The summed E-state index contributed by atoms with van der Waals surface area (Å²) in [6.07, 6.45) is 10.1. The second kappa shape index (κ2) is 16.2. The molecule has 234 valence electrons. The van der Waals surface area contributed by atoms with Crippen LogP contribution in [0.15, 0.2) is 77.3 Å². The zero-order valence-electron chi connectivity index (χ0n) is 26.8. The summed E-state index contributed by atoms with van der Waals surface area (Å²) >= 11 is 0. The molecule has 1 aliphatic rings. The number of anilines is 1. The van der Waals surface area contributed by atoms with E-state index < -0.39 is 5.97 Å². The first-order chi connectivity index (χ1) is 21.3. The molecule has 3 aromatic rings. The molecular weight excluding hydrogens is 550 g/mol. The molecule has 2 aromatic carbocycles. The summed E-state index contributed by atoms with van der Waals surface area (Å²) in [4.78, 5) is 28.2. The number of nitrogens with zero attached hydrogens (tertiary/aromatic N) is 2. The molecule has 7 heteroatoms. The summed E-state index contributed by atoms with van der Waals surface area (Å²) in [5.41, 5.74) is 5.03. The third-order valence-corrected chi connectivity index (χ3v) is 8.39. The molecule has 0 spiro atoms. The number of ether oxygens (including phenoxy) is 1. The van der Waals surface area contributed by atoms with Crippen molar-refractivity contribution in [3.63, 3.8) is 0 Å². The topological polar surface area (TPSA) is 84.7 Å². The minimum Gasteiger partial charge on any atom is -0.454 e. The van der Waals surface area contributed by atoms with Crippen LogP contribution < -0.4 is 5.32 Å². The fourth-order valence-corrected chi connectivity index (χ4v) is 5.72. The van der Waals surface area contributed by atoms with Crippen LogP contribution in [0.25, 0.3) is 5.57 Å². The average molecular weight is 598 g/mol. The van der Waals surface area contributed by atoms with E-state index in [-0.39, 0.29) is 17.9 Å². The van der Waals surface area contributed by atoms with E-state index in [0.29, 0.717) is 29.4 Å². The van der Waals surface area contributed by atoms with Crippen LogP contribution in [0, 0.1) is 12.8 Å². The molecule has 4 rings (SSSR count). The van der Waals surface area contributed by atoms with Crippen LogP contribution in [0.5, 0.6) is 0 Å². The van der Waals surface area contributed by atoms with Crippen molar-refractivity contribution in [2.45, 2.75) is 78.7 Å². The van der Waals surface area contributed by atoms with Gasteiger partial charge in [0.2, 0.25) is 5.91 Å². The van der Waals surface area contributed by atoms with Gasteiger partial charge in [-0.3, -0.25) is 4.79 Å². The Morgan fingerprint density at radius 1 is 1.09 bits per heavy atom. The summed E-state index contributed by atoms with van der Waals surface area (Å²) in [5.74, 6) is 0.541. The second-order valence-electron chi connectivity index (χ2n) is 11.9. The summed E-state index contributed by atoms with van der Waals surface area (Å²) in [6.45, 7) is 12.5. The van der Waals surface area contributed by atoms with Crippen molar-refractivity contribution in [3.05, 3.63) is 101 Å². The van der Waals surface area contributed by atoms with Crippen molar-refractivity contribution in [1.82, 2.24) is 10.1 Å². The van der Waals surface area contributed by atoms with Crippen LogP contribution in [0.3, 0.4) is 0 Å². The van der Waals surface area contributed by atoms with Gasteiger partial charge < -0.3 is 19.5 Å². The number of allylic oxidation sites excluding steroid dienone is 4. The van der Waals surface area contributed by atoms with Gasteiger partial charge in [0.05, 0.1) is 0 Å². The number of amides is 1. The smallest absolute Gasteiger partial charge is 0.344 e. The van der Waals surface area contributed by atoms with Gasteiger partial charge in [-0.15, -0.1) is 0 Å². The van der Waals surface area contributed by atoms with Crippen LogP contribution >= 0.6 is 0 Å². The second-order valence-corrected chi connectivity index (χ2v) is 11.9. The Balaban J connectivity index is 1.35. The Morgan fingerprint density at radius 3 is 2.52 bits per heavy atom. The molecule has 1 aromatic heterocycles. The van der Waals surface area contributed by atoms with E-state index >= 15 is 0 Å². The molecule has 1 unspecified atom stereocenters. The van der Waals surface area contributed by atoms with Crippen molar-refractivity contribution >= 4 is 23.1 Å². The highest BCUT2D eigenvalue weighted by Gasteiger charge is 2.27. The molecule has 0 saturated carbocycles. The summed E-state index contributed by atoms with van der Waals surface area (Å²) < 4.78 is 11.6. The summed E-state index contributed by atoms with van der Waals surface area (Å²) in [7, 11) is 0. The number of hydrogen-bond donors (Lipinski definition) is 1. The van der Waals surface area contributed by atoms with Gasteiger partial charge in [-0.25, -0.2) is 4.79 Å². The van der Waals surface area contributed by atoms with Crippen molar-refractivity contribution in [1.29, 1.82) is 0 Å². The molecule has 1 fully saturated rings. The number of carbonyl (C=O) groups excluding carboxylic acids is 2. The number of hydrogen-bond acceptors (Lipinski definition) is 6. The normalized spacial score (nSPS) is 15.5. The molecule has 1 atom stereocenters. The van der Waals surface area contributed by atoms with Crippen LogP contribution in [0.2, 0.25) is 0 Å². The maximum Gasteiger partial charge on any atom is 0.344 e. The highest BCUT2D eigenvalue weighted by Crippen LogP contribution is 2.32. The fraction of sp³-hybridized carbons (Fsp3) is 0.432. The zero-order valence-corrected chi connectivity index (χ0v) is 26.8. The molecule has 7 nitrogen and oxygen atoms in total. The minimum absolute atomic E-state index is 0.0420. The number of aryl methyl sites for hydroxylation is 1. The Bertz CT molecular complexity index is 1430. The third kappa shape index (κ3) is 8.79. The van der Waals surface area contributed by atoms with Crippen molar-refractivity contribution < 1.29 is 18.8 Å². The number of piperidine rings is 1. The van der Waals surface area contributed by atoms with Crippen LogP contribution in [0.4, 0.5) is 5.69 Å². The lowest BCUT2D eigenvalue weighted by Gasteiger charge is -2.32. The molecule has 44 heavy (non-hydrogen) atoms. The Labute approximate surface area is 262 Å². The van der Waals surface area contributed by atoms with E-state index in [2.05, 4.69) is 27.5 Å². The number of rotatable bonds is 13. The van der Waals surface area contributed by atoms with E-state index in [0.717, 1.165) is 62.1 Å². The van der Waals surface area contributed by atoms with Gasteiger partial charge in [-0.05, 0) is 107 Å². The summed E-state index contributed by atoms with van der Waals surface area (Å²) in [6, 6.07) is 18.3. The molecule has 1 saturated heterocycles. The van der Waals surface area contributed by atoms with Gasteiger partial charge in [0.1, 0.15) is 23.1 Å². The standard InChI is InChI=1S/C37H47N3O4/c1-6-8-14-28(7-2)35-34(27(5)44-39-35)37(42)43-33(30-15-10-9-11-16-30)19-13-22-40-23-20-29(21-24-40)31-17-12-18-32(25-31)38-36(41)26(3)4/h6-12,15-18,25-26,29,33H,13-14,19-24H2,1-5H3,(H,38,41)/b8-6-,28-7+. The van der Waals surface area contributed by atoms with Crippen LogP contribution in [0.1, 0.15) is 105 Å². The zero-order chi connectivity index (χ0) is 31.5. The Hall–Kier alpha value is -3.97. The quantitative estimate of drug-likeness (QED) is 0.157. The average Bonchev–Trinajstić information content (AvgIpc) is 3.42. The lowest BCUT2D eigenvalue weighted by Crippen LogP contribution is -2.34. The van der Waals surface area contributed by atoms with Gasteiger partial charge in [0.25, 0.3) is 0 Å². The summed E-state index contributed by atoms with van der Waals surface area (Å²) in [5, 5.41) is 7.24. The molecule has 0 radical (unpaired) electrons. The lowest BCUT2D eigenvalue weighted by molar-refractivity contribution is -0.118. The van der Waals surface area contributed by atoms with Gasteiger partial charge >= 0.3 is 5.97 Å². The predicted molar refractivity (Wildman–Crippen MR) is 176 cm³/mol. The first-order valence-electron chi connectivity index (χ1n) is 15.9. The monoisotopic (exact) mass is 597 g/mol. The van der Waals surface area contributed by atoms with E-state index in [1.807, 2.05) is 88.4 Å². The minimum atomic E-state index is -0.403. The first-order valence-corrected chi connectivity index (χ1v) is 15.9. The van der Waals surface area contributed by atoms with E-state index in [9.17, 15) is 9.59 Å². The van der Waals surface area contributed by atoms with Gasteiger partial charge in [0, 0.05) is 11.6 Å². The van der Waals surface area contributed by atoms with Crippen LogP contribution in [-0.4, -0.2) is 41.6 Å². The number of nitrogens with one attached hydrogen (secondary N) is 1. The number of benzene rings is 2. The van der Waals surface area contributed by atoms with Crippen molar-refractivity contribution in [2.75, 3.05) is 25.0 Å². The Morgan fingerprint density at radius 2 is 1.84 bits per heavy atom. The highest BCUT2D eigenvalue weighted by molar-refractivity contribution is 5.95. The van der Waals surface area contributed by atoms with Crippen molar-refractivity contribution in [3.8, 4) is 0 Å². The maximum atomic E-state index is 13.6. The van der Waals surface area contributed by atoms with Crippen LogP contribution in [-0.2, 0) is 9.53 Å². The molecule has 1 aliphatic heterocycles. The fourth-order valence-electron chi connectivity index (χ4n) is 5.72. The number of aromatic nitrogens is 1. The van der Waals surface area contributed by atoms with Gasteiger partial charge in [-0.2, -0.15) is 0 Å². The number of carbonyl (C=O) groups is 2. The first kappa shape index (κ1) is 32.9. The molecule has 1 N–H and O–H groups in total. The molecular formula is C37H47N3O4. The SMILES string of the molecule is C/C=C\C/C(=C\C)c1noc(C)c1C(=O)OC(CCCN1CCC(c2cccc(NC(=O)C(C)C)c2)CC1)c1ccccc1. The van der Waals surface area contributed by atoms with E-state index in [1.54, 1.807) is 6.92 Å². The van der Waals surface area contributed by atoms with E-state index in [1.165, 1.54) is 5.56 Å². The number of esters is 1. The molecule has 2 heterocycles. The van der Waals surface area contributed by atoms with E-state index in [4.69, 9.17) is 9.26 Å². The number of likely N-dealkylation sites (tertiary alicyclic amines) is 1. The van der Waals surface area contributed by atoms with Gasteiger partial charge in [0.15, 0.2) is 0 Å². The third-order valence-electron chi connectivity index (χ3n) is 8.39. The molecule has 0 aliphatic carbocycles. The highest BCUT2D eigenvalue weighted by atomic mass is 16.5. The lowest BCUT2D eigenvalue weighted by atomic mass is 9.89. The molecule has 0 bridgehead atoms. The Kier molecular flexibility index (Phi) is 12.1. The molecule has 1 amide bonds. The van der Waals surface area contributed by atoms with Crippen molar-refractivity contribution in [2.24, 2.45) is 5.92 Å². The van der Waals surface area contributed by atoms with Gasteiger partial charge in [-0.1, -0.05) is 79.7 Å². The largest absolute Gasteiger partial charge is 0.454 e.